The third kappa shape index (κ3) is 4.83. The van der Waals surface area contributed by atoms with Gasteiger partial charge in [0.2, 0.25) is 5.91 Å². The van der Waals surface area contributed by atoms with Crippen LogP contribution in [-0.4, -0.2) is 43.0 Å². The molecule has 4 amide bonds. The van der Waals surface area contributed by atoms with Crippen molar-refractivity contribution in [3.8, 4) is 11.5 Å². The number of hydrogen-bond donors (Lipinski definition) is 2. The van der Waals surface area contributed by atoms with Crippen LogP contribution >= 0.6 is 0 Å². The molecule has 2 N–H and O–H groups in total. The number of alkyl halides is 2. The lowest BCUT2D eigenvalue weighted by Crippen LogP contribution is -2.46. The van der Waals surface area contributed by atoms with Crippen LogP contribution in [0.4, 0.5) is 13.6 Å². The molecule has 8 nitrogen and oxygen atoms in total. The minimum Gasteiger partial charge on any atom is -0.493 e. The van der Waals surface area contributed by atoms with E-state index in [-0.39, 0.29) is 18.0 Å². The van der Waals surface area contributed by atoms with Crippen LogP contribution in [0.3, 0.4) is 0 Å². The van der Waals surface area contributed by atoms with Gasteiger partial charge in [-0.15, -0.1) is 0 Å². The highest BCUT2D eigenvalue weighted by Crippen LogP contribution is 2.36. The minimum absolute atomic E-state index is 0.0102. The largest absolute Gasteiger partial charge is 0.493 e. The standard InChI is InChI=1S/C26H23F2N3O5/c1-35-21-14-17(12-13-20(21)36-24(27)28)15-29-22(32)16-31-23(33)26(30-25(31)34,18-8-4-2-5-9-18)19-10-6-3-7-11-19/h2-14,24H,15-16H2,1H3,(H,29,32)(H,30,34). The van der Waals surface area contributed by atoms with Crippen LogP contribution in [0.25, 0.3) is 0 Å². The van der Waals surface area contributed by atoms with Crippen molar-refractivity contribution in [1.82, 2.24) is 15.5 Å². The number of methoxy groups -OCH3 is 1. The van der Waals surface area contributed by atoms with Crippen LogP contribution < -0.4 is 20.1 Å². The van der Waals surface area contributed by atoms with Gasteiger partial charge in [-0.2, -0.15) is 8.78 Å². The summed E-state index contributed by atoms with van der Waals surface area (Å²) in [6.07, 6.45) is 0. The number of amides is 4. The molecule has 4 rings (SSSR count). The van der Waals surface area contributed by atoms with Crippen LogP contribution in [0.1, 0.15) is 16.7 Å². The van der Waals surface area contributed by atoms with Crippen molar-refractivity contribution in [2.24, 2.45) is 0 Å². The van der Waals surface area contributed by atoms with E-state index in [2.05, 4.69) is 15.4 Å². The quantitative estimate of drug-likeness (QED) is 0.444. The number of imide groups is 1. The highest BCUT2D eigenvalue weighted by Gasteiger charge is 2.54. The van der Waals surface area contributed by atoms with Gasteiger partial charge in [-0.1, -0.05) is 66.7 Å². The molecule has 0 bridgehead atoms. The molecule has 186 valence electrons. The van der Waals surface area contributed by atoms with Gasteiger partial charge in [-0.05, 0) is 28.8 Å². The summed E-state index contributed by atoms with van der Waals surface area (Å²) >= 11 is 0. The summed E-state index contributed by atoms with van der Waals surface area (Å²) in [4.78, 5) is 40.1. The van der Waals surface area contributed by atoms with E-state index < -0.39 is 36.5 Å². The predicted octanol–water partition coefficient (Wildman–Crippen LogP) is 3.41. The third-order valence-corrected chi connectivity index (χ3v) is 5.75. The number of urea groups is 1. The molecule has 36 heavy (non-hydrogen) atoms. The molecule has 1 aliphatic rings. The molecule has 0 aliphatic carbocycles. The van der Waals surface area contributed by atoms with E-state index in [1.165, 1.54) is 25.3 Å². The van der Waals surface area contributed by atoms with Crippen molar-refractivity contribution < 1.29 is 32.6 Å². The number of hydrogen-bond acceptors (Lipinski definition) is 5. The van der Waals surface area contributed by atoms with E-state index in [9.17, 15) is 23.2 Å². The van der Waals surface area contributed by atoms with Crippen LogP contribution in [0, 0.1) is 0 Å². The number of nitrogens with zero attached hydrogens (tertiary/aromatic N) is 1. The first-order chi connectivity index (χ1) is 17.3. The van der Waals surface area contributed by atoms with Crippen molar-refractivity contribution in [3.05, 3.63) is 95.6 Å². The normalized spacial score (nSPS) is 14.5. The lowest BCUT2D eigenvalue weighted by molar-refractivity contribution is -0.134. The van der Waals surface area contributed by atoms with Gasteiger partial charge in [0, 0.05) is 6.54 Å². The fraction of sp³-hybridized carbons (Fsp3) is 0.192. The van der Waals surface area contributed by atoms with Crippen molar-refractivity contribution in [2.75, 3.05) is 13.7 Å². The Morgan fingerprint density at radius 2 is 1.58 bits per heavy atom. The summed E-state index contributed by atoms with van der Waals surface area (Å²) in [6, 6.07) is 21.2. The predicted molar refractivity (Wildman–Crippen MR) is 125 cm³/mol. The average Bonchev–Trinajstić information content (AvgIpc) is 3.14. The minimum atomic E-state index is -3.01. The summed E-state index contributed by atoms with van der Waals surface area (Å²) in [5, 5.41) is 5.41. The Morgan fingerprint density at radius 1 is 0.972 bits per heavy atom. The lowest BCUT2D eigenvalue weighted by atomic mass is 9.82. The van der Waals surface area contributed by atoms with Crippen molar-refractivity contribution in [2.45, 2.75) is 18.7 Å². The second kappa shape index (κ2) is 10.4. The number of carbonyl (C=O) groups excluding carboxylic acids is 3. The van der Waals surface area contributed by atoms with Crippen molar-refractivity contribution in [3.63, 3.8) is 0 Å². The summed E-state index contributed by atoms with van der Waals surface area (Å²) in [5.41, 5.74) is 0.210. The summed E-state index contributed by atoms with van der Waals surface area (Å²) in [5.74, 6) is -1.22. The molecule has 3 aromatic carbocycles. The van der Waals surface area contributed by atoms with Crippen LogP contribution in [0.15, 0.2) is 78.9 Å². The molecule has 0 radical (unpaired) electrons. The van der Waals surface area contributed by atoms with Gasteiger partial charge >= 0.3 is 12.6 Å². The lowest BCUT2D eigenvalue weighted by Gasteiger charge is -2.28. The zero-order chi connectivity index (χ0) is 25.7. The first-order valence-electron chi connectivity index (χ1n) is 11.0. The molecule has 0 unspecified atom stereocenters. The smallest absolute Gasteiger partial charge is 0.387 e. The monoisotopic (exact) mass is 495 g/mol. The van der Waals surface area contributed by atoms with Crippen molar-refractivity contribution >= 4 is 17.8 Å². The van der Waals surface area contributed by atoms with Crippen LogP contribution in [0.5, 0.6) is 11.5 Å². The van der Waals surface area contributed by atoms with Crippen LogP contribution in [-0.2, 0) is 21.7 Å². The van der Waals surface area contributed by atoms with Gasteiger partial charge in [-0.25, -0.2) is 4.79 Å². The Bertz CT molecular complexity index is 1220. The Hall–Kier alpha value is -4.47. The Kier molecular flexibility index (Phi) is 7.14. The number of benzene rings is 3. The molecule has 0 aromatic heterocycles. The zero-order valence-corrected chi connectivity index (χ0v) is 19.2. The summed E-state index contributed by atoms with van der Waals surface area (Å²) in [7, 11) is 1.30. The maximum Gasteiger partial charge on any atom is 0.387 e. The van der Waals surface area contributed by atoms with Gasteiger partial charge in [-0.3, -0.25) is 14.5 Å². The maximum absolute atomic E-state index is 13.6. The molecule has 3 aromatic rings. The highest BCUT2D eigenvalue weighted by atomic mass is 19.3. The number of rotatable bonds is 9. The van der Waals surface area contributed by atoms with E-state index >= 15 is 0 Å². The Morgan fingerprint density at radius 3 is 2.14 bits per heavy atom. The Labute approximate surface area is 205 Å². The second-order valence-electron chi connectivity index (χ2n) is 7.94. The van der Waals surface area contributed by atoms with Gasteiger partial charge in [0.25, 0.3) is 5.91 Å². The maximum atomic E-state index is 13.6. The number of nitrogens with one attached hydrogen (secondary N) is 2. The van der Waals surface area contributed by atoms with E-state index in [0.717, 1.165) is 4.90 Å². The van der Waals surface area contributed by atoms with Crippen LogP contribution in [0.2, 0.25) is 0 Å². The van der Waals surface area contributed by atoms with E-state index in [1.807, 2.05) is 0 Å². The molecule has 1 aliphatic heterocycles. The fourth-order valence-corrected chi connectivity index (χ4v) is 4.07. The second-order valence-corrected chi connectivity index (χ2v) is 7.94. The van der Waals surface area contributed by atoms with E-state index in [4.69, 9.17) is 4.74 Å². The molecule has 1 saturated heterocycles. The first kappa shape index (κ1) is 24.6. The molecule has 1 heterocycles. The number of ether oxygens (including phenoxy) is 2. The van der Waals surface area contributed by atoms with Gasteiger partial charge < -0.3 is 20.1 Å². The SMILES string of the molecule is COc1cc(CNC(=O)CN2C(=O)NC(c3ccccc3)(c3ccccc3)C2=O)ccc1OC(F)F. The third-order valence-electron chi connectivity index (χ3n) is 5.75. The van der Waals surface area contributed by atoms with Gasteiger partial charge in [0.05, 0.1) is 7.11 Å². The van der Waals surface area contributed by atoms with E-state index in [0.29, 0.717) is 16.7 Å². The number of carbonyl (C=O) groups is 3. The molecule has 1 fully saturated rings. The Balaban J connectivity index is 1.49. The van der Waals surface area contributed by atoms with E-state index in [1.54, 1.807) is 60.7 Å². The topological polar surface area (TPSA) is 97.0 Å². The molecule has 0 atom stereocenters. The van der Waals surface area contributed by atoms with Gasteiger partial charge in [0.15, 0.2) is 17.0 Å². The first-order valence-corrected chi connectivity index (χ1v) is 11.0. The molecule has 10 heteroatoms. The molecule has 0 spiro atoms. The molecule has 0 saturated carbocycles. The fourth-order valence-electron chi connectivity index (χ4n) is 4.07. The zero-order valence-electron chi connectivity index (χ0n) is 19.2. The van der Waals surface area contributed by atoms with Crippen molar-refractivity contribution in [1.29, 1.82) is 0 Å². The van der Waals surface area contributed by atoms with Gasteiger partial charge in [0.1, 0.15) is 6.54 Å². The summed E-state index contributed by atoms with van der Waals surface area (Å²) in [6.45, 7) is -3.50. The summed E-state index contributed by atoms with van der Waals surface area (Å²) < 4.78 is 34.5. The highest BCUT2D eigenvalue weighted by molar-refractivity contribution is 6.11. The number of halogens is 2. The molecular weight excluding hydrogens is 472 g/mol. The molecular formula is C26H23F2N3O5. The average molecular weight is 495 g/mol.